The summed E-state index contributed by atoms with van der Waals surface area (Å²) in [6.07, 6.45) is 1.06. The van der Waals surface area contributed by atoms with Crippen LogP contribution in [-0.4, -0.2) is 33.0 Å². The second-order valence-corrected chi connectivity index (χ2v) is 8.74. The first-order valence-corrected chi connectivity index (χ1v) is 10.5. The van der Waals surface area contributed by atoms with Gasteiger partial charge < -0.3 is 14.0 Å². The van der Waals surface area contributed by atoms with Gasteiger partial charge in [-0.25, -0.2) is 4.79 Å². The van der Waals surface area contributed by atoms with E-state index in [1.54, 1.807) is 0 Å². The molecule has 2 heterocycles. The minimum Gasteiger partial charge on any atom is -0.609 e. The van der Waals surface area contributed by atoms with E-state index in [0.717, 1.165) is 35.5 Å². The minimum absolute atomic E-state index is 0.400. The normalized spacial score (nSPS) is 16.0. The molecule has 1 aliphatic heterocycles. The molecule has 1 aromatic heterocycles. The number of aryl methyl sites for hydroxylation is 2. The van der Waals surface area contributed by atoms with Crippen molar-refractivity contribution in [1.29, 1.82) is 0 Å². The summed E-state index contributed by atoms with van der Waals surface area (Å²) >= 11 is -1.20. The Balaban J connectivity index is 1.49. The van der Waals surface area contributed by atoms with E-state index in [2.05, 4.69) is 15.3 Å². The molecule has 1 aromatic carbocycles. The summed E-state index contributed by atoms with van der Waals surface area (Å²) in [6, 6.07) is 7.39. The molecule has 0 radical (unpaired) electrons. The van der Waals surface area contributed by atoms with Crippen molar-refractivity contribution < 1.29 is 18.8 Å². The number of nitrogens with zero attached hydrogens (tertiary/aromatic N) is 2. The Morgan fingerprint density at radius 2 is 1.89 bits per heavy atom. The van der Waals surface area contributed by atoms with Crippen molar-refractivity contribution in [1.82, 2.24) is 9.97 Å². The Kier molecular flexibility index (Phi) is 6.10. The number of nitrogens with one attached hydrogen (secondary N) is 1. The van der Waals surface area contributed by atoms with E-state index >= 15 is 0 Å². The number of benzene rings is 1. The van der Waals surface area contributed by atoms with Gasteiger partial charge in [0.2, 0.25) is 0 Å². The number of ether oxygens (including phenoxy) is 2. The zero-order chi connectivity index (χ0) is 20.3. The Labute approximate surface area is 168 Å². The lowest BCUT2D eigenvalue weighted by molar-refractivity contribution is 0.0418. The lowest BCUT2D eigenvalue weighted by Gasteiger charge is -2.32. The monoisotopic (exact) mass is 403 g/mol. The van der Waals surface area contributed by atoms with Crippen molar-refractivity contribution in [2.45, 2.75) is 51.3 Å². The molecule has 2 aromatic rings. The van der Waals surface area contributed by atoms with Crippen LogP contribution in [0.2, 0.25) is 0 Å². The summed E-state index contributed by atoms with van der Waals surface area (Å²) in [4.78, 5) is 20.1. The summed E-state index contributed by atoms with van der Waals surface area (Å²) in [5.74, 6) is 1.22. The average Bonchev–Trinajstić information content (AvgIpc) is 2.60. The third kappa shape index (κ3) is 4.94. The van der Waals surface area contributed by atoms with Gasteiger partial charge in [0.25, 0.3) is 0 Å². The molecular formula is C20H25N3O4S. The highest BCUT2D eigenvalue weighted by atomic mass is 32.2. The quantitative estimate of drug-likeness (QED) is 0.428. The fourth-order valence-corrected chi connectivity index (χ4v) is 4.19. The summed E-state index contributed by atoms with van der Waals surface area (Å²) in [6.45, 7) is 7.95. The van der Waals surface area contributed by atoms with Crippen molar-refractivity contribution >= 4 is 23.0 Å². The number of carbonyl (C=O) groups is 1. The standard InChI is InChI=1S/C20H25N3O4S/c1-13-11-14(2)22-18(21-13)28(25)10-6-5-9-26-15-7-8-17-16(12-15)20(3,4)27-19(24)23-17/h7-8,11-12H,5-6,9-10H2,1-4H3,(H,23,24). The maximum Gasteiger partial charge on any atom is 0.412 e. The number of anilines is 1. The van der Waals surface area contributed by atoms with Crippen molar-refractivity contribution in [2.75, 3.05) is 17.7 Å². The molecule has 1 unspecified atom stereocenters. The number of unbranched alkanes of at least 4 members (excludes halogenated alkanes) is 1. The van der Waals surface area contributed by atoms with Gasteiger partial charge in [0, 0.05) is 28.1 Å². The predicted molar refractivity (Wildman–Crippen MR) is 107 cm³/mol. The van der Waals surface area contributed by atoms with Crippen LogP contribution in [0.1, 0.15) is 43.6 Å². The molecule has 0 aliphatic carbocycles. The number of cyclic esters (lactones) is 1. The van der Waals surface area contributed by atoms with Gasteiger partial charge in [-0.05, 0) is 64.8 Å². The molecule has 1 aliphatic rings. The molecule has 0 fully saturated rings. The van der Waals surface area contributed by atoms with Crippen molar-refractivity contribution in [3.63, 3.8) is 0 Å². The van der Waals surface area contributed by atoms with Crippen LogP contribution in [0, 0.1) is 13.8 Å². The first-order valence-electron chi connectivity index (χ1n) is 9.22. The van der Waals surface area contributed by atoms with E-state index < -0.39 is 22.9 Å². The third-order valence-electron chi connectivity index (χ3n) is 4.38. The molecule has 1 N–H and O–H groups in total. The fraction of sp³-hybridized carbons (Fsp3) is 0.450. The number of hydrogen-bond acceptors (Lipinski definition) is 6. The molecule has 8 heteroatoms. The second kappa shape index (κ2) is 8.36. The van der Waals surface area contributed by atoms with E-state index in [0.29, 0.717) is 23.3 Å². The topological polar surface area (TPSA) is 96.4 Å². The average molecular weight is 404 g/mol. The lowest BCUT2D eigenvalue weighted by atomic mass is 9.94. The number of aromatic nitrogens is 2. The first-order chi connectivity index (χ1) is 13.2. The molecule has 28 heavy (non-hydrogen) atoms. The summed E-state index contributed by atoms with van der Waals surface area (Å²) < 4.78 is 23.5. The van der Waals surface area contributed by atoms with Gasteiger partial charge in [-0.3, -0.25) is 5.32 Å². The number of fused-ring (bicyclic) bond motifs is 1. The van der Waals surface area contributed by atoms with Crippen LogP contribution in [-0.2, 0) is 21.5 Å². The largest absolute Gasteiger partial charge is 0.609 e. The highest BCUT2D eigenvalue weighted by Crippen LogP contribution is 2.37. The van der Waals surface area contributed by atoms with Gasteiger partial charge >= 0.3 is 11.2 Å². The molecule has 0 saturated carbocycles. The number of hydrogen-bond donors (Lipinski definition) is 1. The van der Waals surface area contributed by atoms with Gasteiger partial charge in [0.1, 0.15) is 17.1 Å². The van der Waals surface area contributed by atoms with Crippen LogP contribution in [0.3, 0.4) is 0 Å². The van der Waals surface area contributed by atoms with Crippen LogP contribution in [0.25, 0.3) is 0 Å². The van der Waals surface area contributed by atoms with E-state index in [9.17, 15) is 9.35 Å². The Morgan fingerprint density at radius 1 is 1.18 bits per heavy atom. The van der Waals surface area contributed by atoms with Crippen LogP contribution in [0.15, 0.2) is 29.4 Å². The first kappa shape index (κ1) is 20.4. The van der Waals surface area contributed by atoms with E-state index in [-0.39, 0.29) is 0 Å². The van der Waals surface area contributed by atoms with E-state index in [1.807, 2.05) is 52.0 Å². The van der Waals surface area contributed by atoms with Gasteiger partial charge in [0.05, 0.1) is 12.3 Å². The van der Waals surface area contributed by atoms with Crippen LogP contribution >= 0.6 is 0 Å². The lowest BCUT2D eigenvalue weighted by Crippen LogP contribution is -2.34. The highest BCUT2D eigenvalue weighted by molar-refractivity contribution is 7.91. The van der Waals surface area contributed by atoms with Gasteiger partial charge in [0.15, 0.2) is 0 Å². The predicted octanol–water partition coefficient (Wildman–Crippen LogP) is 3.86. The third-order valence-corrected chi connectivity index (χ3v) is 5.63. The molecule has 1 amide bonds. The smallest absolute Gasteiger partial charge is 0.412 e. The van der Waals surface area contributed by atoms with Crippen LogP contribution < -0.4 is 10.1 Å². The molecule has 150 valence electrons. The zero-order valence-electron chi connectivity index (χ0n) is 16.6. The van der Waals surface area contributed by atoms with Crippen LogP contribution in [0.5, 0.6) is 5.75 Å². The Bertz CT molecular complexity index is 852. The molecule has 0 bridgehead atoms. The summed E-state index contributed by atoms with van der Waals surface area (Å²) in [5.41, 5.74) is 2.55. The highest BCUT2D eigenvalue weighted by Gasteiger charge is 2.33. The molecule has 0 spiro atoms. The number of rotatable bonds is 7. The summed E-state index contributed by atoms with van der Waals surface area (Å²) in [5, 5.41) is 3.09. The van der Waals surface area contributed by atoms with Gasteiger partial charge in [-0.1, -0.05) is 0 Å². The van der Waals surface area contributed by atoms with E-state index in [4.69, 9.17) is 9.47 Å². The molecular weight excluding hydrogens is 378 g/mol. The van der Waals surface area contributed by atoms with Gasteiger partial charge in [-0.15, -0.1) is 0 Å². The Hall–Kier alpha value is -2.32. The second-order valence-electron chi connectivity index (χ2n) is 7.27. The fourth-order valence-electron chi connectivity index (χ4n) is 3.05. The van der Waals surface area contributed by atoms with Crippen molar-refractivity contribution in [3.05, 3.63) is 41.2 Å². The SMILES string of the molecule is Cc1cc(C)nc([S+]([O-])CCCCOc2ccc3c(c2)C(C)(C)OC(=O)N3)n1. The summed E-state index contributed by atoms with van der Waals surface area (Å²) in [7, 11) is 0. The molecule has 1 atom stereocenters. The van der Waals surface area contributed by atoms with Crippen molar-refractivity contribution in [2.24, 2.45) is 0 Å². The number of amides is 1. The molecule has 3 rings (SSSR count). The van der Waals surface area contributed by atoms with Gasteiger partial charge in [-0.2, -0.15) is 9.97 Å². The molecule has 7 nitrogen and oxygen atoms in total. The maximum absolute atomic E-state index is 12.3. The minimum atomic E-state index is -1.20. The number of carbonyl (C=O) groups excluding carboxylic acids is 1. The zero-order valence-corrected chi connectivity index (χ0v) is 17.4. The maximum atomic E-state index is 12.3. The molecule has 0 saturated heterocycles. The Morgan fingerprint density at radius 3 is 2.61 bits per heavy atom. The van der Waals surface area contributed by atoms with Crippen molar-refractivity contribution in [3.8, 4) is 5.75 Å². The van der Waals surface area contributed by atoms with Crippen LogP contribution in [0.4, 0.5) is 10.5 Å². The van der Waals surface area contributed by atoms with E-state index in [1.165, 1.54) is 0 Å².